The topological polar surface area (TPSA) is 76.7 Å². The van der Waals surface area contributed by atoms with Gasteiger partial charge in [-0.1, -0.05) is 6.92 Å². The highest BCUT2D eigenvalue weighted by atomic mass is 16.3. The van der Waals surface area contributed by atoms with Gasteiger partial charge in [-0.3, -0.25) is 4.68 Å². The van der Waals surface area contributed by atoms with Gasteiger partial charge in [-0.15, -0.1) is 0 Å². The molecule has 96 valence electrons. The lowest BCUT2D eigenvalue weighted by Crippen LogP contribution is -2.11. The molecule has 2 aromatic rings. The summed E-state index contributed by atoms with van der Waals surface area (Å²) in [7, 11) is 1.81. The van der Waals surface area contributed by atoms with Crippen molar-refractivity contribution in [1.82, 2.24) is 25.0 Å². The Morgan fingerprint density at radius 3 is 2.78 bits per heavy atom. The van der Waals surface area contributed by atoms with Gasteiger partial charge in [-0.2, -0.15) is 15.3 Å². The molecular formula is C12H17N5O. The van der Waals surface area contributed by atoms with Crippen molar-refractivity contribution in [2.75, 3.05) is 0 Å². The van der Waals surface area contributed by atoms with Crippen molar-refractivity contribution in [1.29, 1.82) is 0 Å². The van der Waals surface area contributed by atoms with E-state index < -0.39 is 6.10 Å². The smallest absolute Gasteiger partial charge is 0.138 e. The van der Waals surface area contributed by atoms with Crippen LogP contribution in [0, 0.1) is 6.92 Å². The number of rotatable bonds is 4. The van der Waals surface area contributed by atoms with Crippen LogP contribution in [0.4, 0.5) is 0 Å². The summed E-state index contributed by atoms with van der Waals surface area (Å²) in [4.78, 5) is 4.11. The van der Waals surface area contributed by atoms with Crippen LogP contribution in [0.25, 0.3) is 0 Å². The standard InChI is InChI=1S/C12H17N5O/c1-4-10-9(5-8(2)15-16-10)11(18)6-12-13-7-14-17(12)3/h5,7,11,18H,4,6H2,1-3H3. The zero-order chi connectivity index (χ0) is 13.1. The van der Waals surface area contributed by atoms with Gasteiger partial charge in [0.05, 0.1) is 17.5 Å². The third-order valence-electron chi connectivity index (χ3n) is 2.90. The lowest BCUT2D eigenvalue weighted by atomic mass is 10.0. The highest BCUT2D eigenvalue weighted by Gasteiger charge is 2.16. The minimum Gasteiger partial charge on any atom is -0.388 e. The summed E-state index contributed by atoms with van der Waals surface area (Å²) in [6.45, 7) is 3.86. The molecule has 6 nitrogen and oxygen atoms in total. The van der Waals surface area contributed by atoms with Crippen LogP contribution in [0.15, 0.2) is 12.4 Å². The molecule has 6 heteroatoms. The summed E-state index contributed by atoms with van der Waals surface area (Å²) in [5, 5.41) is 22.4. The SMILES string of the molecule is CCc1nnc(C)cc1C(O)Cc1ncnn1C. The first-order valence-corrected chi connectivity index (χ1v) is 5.95. The lowest BCUT2D eigenvalue weighted by Gasteiger charge is -2.13. The van der Waals surface area contributed by atoms with Gasteiger partial charge in [0.15, 0.2) is 0 Å². The van der Waals surface area contributed by atoms with Gasteiger partial charge in [-0.05, 0) is 19.4 Å². The fourth-order valence-electron chi connectivity index (χ4n) is 1.89. The Balaban J connectivity index is 2.25. The van der Waals surface area contributed by atoms with Crippen LogP contribution in [0.2, 0.25) is 0 Å². The molecule has 0 bridgehead atoms. The number of hydrogen-bond donors (Lipinski definition) is 1. The second kappa shape index (κ2) is 5.22. The Hall–Kier alpha value is -1.82. The van der Waals surface area contributed by atoms with E-state index in [2.05, 4.69) is 20.3 Å². The molecule has 0 aliphatic carbocycles. The third-order valence-corrected chi connectivity index (χ3v) is 2.90. The average molecular weight is 247 g/mol. The summed E-state index contributed by atoms with van der Waals surface area (Å²) in [5.74, 6) is 0.749. The molecule has 1 N–H and O–H groups in total. The molecule has 2 heterocycles. The molecule has 0 aliphatic heterocycles. The first kappa shape index (κ1) is 12.6. The van der Waals surface area contributed by atoms with Crippen molar-refractivity contribution in [2.24, 2.45) is 7.05 Å². The maximum Gasteiger partial charge on any atom is 0.138 e. The van der Waals surface area contributed by atoms with Crippen LogP contribution in [-0.4, -0.2) is 30.1 Å². The second-order valence-corrected chi connectivity index (χ2v) is 4.26. The summed E-state index contributed by atoms with van der Waals surface area (Å²) in [5.41, 5.74) is 2.46. The monoisotopic (exact) mass is 247 g/mol. The van der Waals surface area contributed by atoms with E-state index in [-0.39, 0.29) is 0 Å². The Labute approximate surface area is 106 Å². The third kappa shape index (κ3) is 2.53. The molecule has 0 fully saturated rings. The first-order chi connectivity index (χ1) is 8.61. The molecule has 0 radical (unpaired) electrons. The molecule has 0 amide bonds. The average Bonchev–Trinajstić information content (AvgIpc) is 2.75. The lowest BCUT2D eigenvalue weighted by molar-refractivity contribution is 0.172. The van der Waals surface area contributed by atoms with E-state index in [1.54, 1.807) is 4.68 Å². The number of aliphatic hydroxyl groups is 1. The molecule has 0 spiro atoms. The van der Waals surface area contributed by atoms with E-state index in [0.717, 1.165) is 29.2 Å². The molecule has 1 atom stereocenters. The van der Waals surface area contributed by atoms with E-state index in [0.29, 0.717) is 6.42 Å². The van der Waals surface area contributed by atoms with Gasteiger partial charge in [0.25, 0.3) is 0 Å². The summed E-state index contributed by atoms with van der Waals surface area (Å²) in [6.07, 6.45) is 2.03. The first-order valence-electron chi connectivity index (χ1n) is 5.95. The Kier molecular flexibility index (Phi) is 3.66. The maximum atomic E-state index is 10.3. The van der Waals surface area contributed by atoms with E-state index >= 15 is 0 Å². The summed E-state index contributed by atoms with van der Waals surface area (Å²) in [6, 6.07) is 1.88. The van der Waals surface area contributed by atoms with E-state index in [4.69, 9.17) is 0 Å². The Morgan fingerprint density at radius 1 is 1.39 bits per heavy atom. The van der Waals surface area contributed by atoms with Crippen LogP contribution < -0.4 is 0 Å². The molecule has 0 saturated carbocycles. The van der Waals surface area contributed by atoms with Gasteiger partial charge >= 0.3 is 0 Å². The van der Waals surface area contributed by atoms with Gasteiger partial charge in [0.1, 0.15) is 12.2 Å². The van der Waals surface area contributed by atoms with Gasteiger partial charge < -0.3 is 5.11 Å². The van der Waals surface area contributed by atoms with Crippen LogP contribution in [0.5, 0.6) is 0 Å². The number of aromatic nitrogens is 5. The van der Waals surface area contributed by atoms with Crippen molar-refractivity contribution >= 4 is 0 Å². The molecular weight excluding hydrogens is 230 g/mol. The highest BCUT2D eigenvalue weighted by Crippen LogP contribution is 2.20. The highest BCUT2D eigenvalue weighted by molar-refractivity contribution is 5.24. The quantitative estimate of drug-likeness (QED) is 0.862. The van der Waals surface area contributed by atoms with Crippen molar-refractivity contribution in [3.63, 3.8) is 0 Å². The second-order valence-electron chi connectivity index (χ2n) is 4.26. The largest absolute Gasteiger partial charge is 0.388 e. The Morgan fingerprint density at radius 2 is 2.17 bits per heavy atom. The molecule has 0 aromatic carbocycles. The number of hydrogen-bond acceptors (Lipinski definition) is 5. The fourth-order valence-corrected chi connectivity index (χ4v) is 1.89. The van der Waals surface area contributed by atoms with Crippen molar-refractivity contribution in [2.45, 2.75) is 32.8 Å². The van der Waals surface area contributed by atoms with E-state index in [1.807, 2.05) is 27.0 Å². The van der Waals surface area contributed by atoms with Crippen LogP contribution >= 0.6 is 0 Å². The summed E-state index contributed by atoms with van der Waals surface area (Å²) >= 11 is 0. The van der Waals surface area contributed by atoms with Gasteiger partial charge in [-0.25, -0.2) is 4.98 Å². The Bertz CT molecular complexity index is 537. The van der Waals surface area contributed by atoms with Crippen molar-refractivity contribution in [3.8, 4) is 0 Å². The van der Waals surface area contributed by atoms with Crippen molar-refractivity contribution < 1.29 is 5.11 Å². The minimum atomic E-state index is -0.628. The molecule has 2 aromatic heterocycles. The zero-order valence-electron chi connectivity index (χ0n) is 10.8. The predicted molar refractivity (Wildman–Crippen MR) is 65.8 cm³/mol. The molecule has 2 rings (SSSR count). The maximum absolute atomic E-state index is 10.3. The van der Waals surface area contributed by atoms with E-state index in [1.165, 1.54) is 6.33 Å². The van der Waals surface area contributed by atoms with Gasteiger partial charge in [0.2, 0.25) is 0 Å². The predicted octanol–water partition coefficient (Wildman–Crippen LogP) is 0.752. The number of aryl methyl sites for hydroxylation is 3. The van der Waals surface area contributed by atoms with Crippen LogP contribution in [-0.2, 0) is 19.9 Å². The van der Waals surface area contributed by atoms with Crippen LogP contribution in [0.3, 0.4) is 0 Å². The molecule has 0 aliphatic rings. The van der Waals surface area contributed by atoms with Crippen LogP contribution in [0.1, 0.15) is 35.8 Å². The number of aliphatic hydroxyl groups excluding tert-OH is 1. The fraction of sp³-hybridized carbons (Fsp3) is 0.500. The molecule has 18 heavy (non-hydrogen) atoms. The molecule has 1 unspecified atom stereocenters. The van der Waals surface area contributed by atoms with Crippen molar-refractivity contribution in [3.05, 3.63) is 35.2 Å². The minimum absolute atomic E-state index is 0.425. The number of nitrogens with zero attached hydrogens (tertiary/aromatic N) is 5. The normalized spacial score (nSPS) is 12.7. The summed E-state index contributed by atoms with van der Waals surface area (Å²) < 4.78 is 1.66. The molecule has 0 saturated heterocycles. The zero-order valence-corrected chi connectivity index (χ0v) is 10.8. The van der Waals surface area contributed by atoms with E-state index in [9.17, 15) is 5.11 Å². The van der Waals surface area contributed by atoms with Gasteiger partial charge in [0, 0.05) is 19.0 Å².